The highest BCUT2D eigenvalue weighted by atomic mass is 35.5. The van der Waals surface area contributed by atoms with E-state index in [1.54, 1.807) is 22.3 Å². The Morgan fingerprint density at radius 3 is 2.57 bits per heavy atom. The van der Waals surface area contributed by atoms with Crippen molar-refractivity contribution in [2.45, 2.75) is 6.54 Å². The molecule has 7 heteroatoms. The van der Waals surface area contributed by atoms with Gasteiger partial charge in [-0.3, -0.25) is 9.69 Å². The van der Waals surface area contributed by atoms with Gasteiger partial charge in [0.2, 0.25) is 0 Å². The molecule has 144 valence electrons. The van der Waals surface area contributed by atoms with E-state index in [0.717, 1.165) is 35.9 Å². The number of rotatable bonds is 4. The third kappa shape index (κ3) is 4.24. The van der Waals surface area contributed by atoms with E-state index < -0.39 is 5.82 Å². The van der Waals surface area contributed by atoms with Gasteiger partial charge in [-0.25, -0.2) is 9.37 Å². The first kappa shape index (κ1) is 19.1. The van der Waals surface area contributed by atoms with E-state index in [1.165, 1.54) is 12.1 Å². The third-order valence-corrected chi connectivity index (χ3v) is 5.95. The van der Waals surface area contributed by atoms with Crippen molar-refractivity contribution in [3.8, 4) is 10.6 Å². The van der Waals surface area contributed by atoms with Crippen LogP contribution in [0.1, 0.15) is 16.1 Å². The van der Waals surface area contributed by atoms with Crippen LogP contribution in [-0.4, -0.2) is 46.9 Å². The van der Waals surface area contributed by atoms with Crippen molar-refractivity contribution in [1.82, 2.24) is 14.8 Å². The van der Waals surface area contributed by atoms with Crippen molar-refractivity contribution < 1.29 is 9.18 Å². The number of piperazine rings is 1. The predicted octanol–water partition coefficient (Wildman–Crippen LogP) is 4.56. The zero-order valence-corrected chi connectivity index (χ0v) is 16.7. The topological polar surface area (TPSA) is 36.4 Å². The number of carbonyl (C=O) groups is 1. The fourth-order valence-electron chi connectivity index (χ4n) is 3.26. The van der Waals surface area contributed by atoms with Gasteiger partial charge in [-0.05, 0) is 18.2 Å². The van der Waals surface area contributed by atoms with Gasteiger partial charge in [0.05, 0.1) is 11.3 Å². The molecule has 1 aliphatic heterocycles. The van der Waals surface area contributed by atoms with E-state index in [2.05, 4.69) is 22.4 Å². The van der Waals surface area contributed by atoms with Crippen LogP contribution in [-0.2, 0) is 6.54 Å². The van der Waals surface area contributed by atoms with Crippen LogP contribution in [0.5, 0.6) is 0 Å². The molecule has 0 unspecified atom stereocenters. The highest BCUT2D eigenvalue weighted by Crippen LogP contribution is 2.24. The van der Waals surface area contributed by atoms with Gasteiger partial charge in [0.15, 0.2) is 0 Å². The number of benzene rings is 2. The summed E-state index contributed by atoms with van der Waals surface area (Å²) in [7, 11) is 0. The van der Waals surface area contributed by atoms with Gasteiger partial charge >= 0.3 is 0 Å². The Labute approximate surface area is 172 Å². The molecular weight excluding hydrogens is 397 g/mol. The normalized spacial score (nSPS) is 15.0. The molecule has 4 nitrogen and oxygen atoms in total. The minimum Gasteiger partial charge on any atom is -0.336 e. The number of aromatic nitrogens is 1. The van der Waals surface area contributed by atoms with Gasteiger partial charge in [-0.2, -0.15) is 0 Å². The molecule has 1 amide bonds. The average molecular weight is 416 g/mol. The summed E-state index contributed by atoms with van der Waals surface area (Å²) >= 11 is 7.41. The maximum absolute atomic E-state index is 14.0. The monoisotopic (exact) mass is 415 g/mol. The van der Waals surface area contributed by atoms with Gasteiger partial charge in [-0.15, -0.1) is 11.3 Å². The van der Waals surface area contributed by atoms with Crippen LogP contribution in [0.15, 0.2) is 53.9 Å². The number of hydrogen-bond acceptors (Lipinski definition) is 4. The Balaban J connectivity index is 1.34. The highest BCUT2D eigenvalue weighted by molar-refractivity contribution is 7.13. The van der Waals surface area contributed by atoms with E-state index >= 15 is 0 Å². The Hall–Kier alpha value is -2.28. The van der Waals surface area contributed by atoms with Crippen molar-refractivity contribution >= 4 is 28.8 Å². The van der Waals surface area contributed by atoms with Gasteiger partial charge in [0.25, 0.3) is 5.91 Å². The van der Waals surface area contributed by atoms with Crippen LogP contribution in [0.3, 0.4) is 0 Å². The molecule has 1 aliphatic rings. The van der Waals surface area contributed by atoms with Crippen LogP contribution in [0.25, 0.3) is 10.6 Å². The number of nitrogens with zero attached hydrogens (tertiary/aromatic N) is 3. The molecule has 0 atom stereocenters. The lowest BCUT2D eigenvalue weighted by Crippen LogP contribution is -2.48. The first-order valence-electron chi connectivity index (χ1n) is 9.06. The molecule has 0 N–H and O–H groups in total. The molecule has 0 radical (unpaired) electrons. The fraction of sp³-hybridized carbons (Fsp3) is 0.238. The van der Waals surface area contributed by atoms with Crippen molar-refractivity contribution in [2.75, 3.05) is 26.2 Å². The van der Waals surface area contributed by atoms with Crippen molar-refractivity contribution in [3.05, 3.63) is 76.0 Å². The van der Waals surface area contributed by atoms with Crippen LogP contribution in [0.2, 0.25) is 5.02 Å². The average Bonchev–Trinajstić information content (AvgIpc) is 3.17. The maximum atomic E-state index is 14.0. The van der Waals surface area contributed by atoms with Gasteiger partial charge in [0.1, 0.15) is 10.8 Å². The number of carbonyl (C=O) groups excluding carboxylic acids is 1. The zero-order valence-electron chi connectivity index (χ0n) is 15.1. The second kappa shape index (κ2) is 8.39. The van der Waals surface area contributed by atoms with E-state index in [-0.39, 0.29) is 16.5 Å². The summed E-state index contributed by atoms with van der Waals surface area (Å²) in [5.41, 5.74) is 2.23. The zero-order chi connectivity index (χ0) is 19.5. The van der Waals surface area contributed by atoms with Crippen molar-refractivity contribution in [1.29, 1.82) is 0 Å². The second-order valence-electron chi connectivity index (χ2n) is 6.70. The quantitative estimate of drug-likeness (QED) is 0.626. The van der Waals surface area contributed by atoms with Crippen LogP contribution < -0.4 is 0 Å². The fourth-order valence-corrected chi connectivity index (χ4v) is 4.24. The number of halogens is 2. The van der Waals surface area contributed by atoms with Crippen LogP contribution in [0.4, 0.5) is 4.39 Å². The minimum absolute atomic E-state index is 0.0739. The summed E-state index contributed by atoms with van der Waals surface area (Å²) in [5, 5.41) is 3.39. The molecule has 28 heavy (non-hydrogen) atoms. The molecule has 2 aromatic carbocycles. The first-order chi connectivity index (χ1) is 13.6. The molecule has 2 heterocycles. The first-order valence-corrected chi connectivity index (χ1v) is 10.3. The summed E-state index contributed by atoms with van der Waals surface area (Å²) in [6.45, 7) is 3.35. The molecule has 1 fully saturated rings. The number of thiazole rings is 1. The molecule has 4 rings (SSSR count). The lowest BCUT2D eigenvalue weighted by atomic mass is 10.1. The molecule has 0 bridgehead atoms. The van der Waals surface area contributed by atoms with Gasteiger partial charge in [0, 0.05) is 48.7 Å². The van der Waals surface area contributed by atoms with Gasteiger partial charge < -0.3 is 4.90 Å². The molecule has 1 saturated heterocycles. The Morgan fingerprint density at radius 2 is 1.86 bits per heavy atom. The summed E-state index contributed by atoms with van der Waals surface area (Å²) in [5.74, 6) is -0.857. The smallest absolute Gasteiger partial charge is 0.256 e. The van der Waals surface area contributed by atoms with Crippen molar-refractivity contribution in [3.63, 3.8) is 0 Å². The molecule has 0 saturated carbocycles. The Kier molecular flexibility index (Phi) is 5.71. The Morgan fingerprint density at radius 1 is 1.11 bits per heavy atom. The van der Waals surface area contributed by atoms with E-state index in [1.807, 2.05) is 18.2 Å². The molecular formula is C21H19ClFN3OS. The Bertz CT molecular complexity index is 971. The van der Waals surface area contributed by atoms with E-state index in [4.69, 9.17) is 16.6 Å². The summed E-state index contributed by atoms with van der Waals surface area (Å²) in [6, 6.07) is 14.3. The van der Waals surface area contributed by atoms with Crippen LogP contribution >= 0.6 is 22.9 Å². The summed E-state index contributed by atoms with van der Waals surface area (Å²) in [6.07, 6.45) is 0. The predicted molar refractivity (Wildman–Crippen MR) is 110 cm³/mol. The molecule has 1 aromatic heterocycles. The third-order valence-electron chi connectivity index (χ3n) is 4.78. The van der Waals surface area contributed by atoms with Gasteiger partial charge in [-0.1, -0.05) is 41.9 Å². The molecule has 3 aromatic rings. The minimum atomic E-state index is -0.573. The van der Waals surface area contributed by atoms with E-state index in [0.29, 0.717) is 13.1 Å². The SMILES string of the molecule is O=C(c1ccc(Cl)cc1F)N1CCN(Cc2csc(-c3ccccc3)n2)CC1. The number of amides is 1. The largest absolute Gasteiger partial charge is 0.336 e. The lowest BCUT2D eigenvalue weighted by Gasteiger charge is -2.34. The highest BCUT2D eigenvalue weighted by Gasteiger charge is 2.24. The molecule has 0 aliphatic carbocycles. The molecule has 0 spiro atoms. The standard InChI is InChI=1S/C21H19ClFN3OS/c22-16-6-7-18(19(23)12-16)21(27)26-10-8-25(9-11-26)13-17-14-28-20(24-17)15-4-2-1-3-5-15/h1-7,12,14H,8-11,13H2. The second-order valence-corrected chi connectivity index (χ2v) is 8.00. The van der Waals surface area contributed by atoms with E-state index in [9.17, 15) is 9.18 Å². The maximum Gasteiger partial charge on any atom is 0.256 e. The number of hydrogen-bond donors (Lipinski definition) is 0. The van der Waals surface area contributed by atoms with Crippen molar-refractivity contribution in [2.24, 2.45) is 0 Å². The summed E-state index contributed by atoms with van der Waals surface area (Å²) < 4.78 is 14.0. The summed E-state index contributed by atoms with van der Waals surface area (Å²) in [4.78, 5) is 21.3. The van der Waals surface area contributed by atoms with Crippen LogP contribution in [0, 0.1) is 5.82 Å². The lowest BCUT2D eigenvalue weighted by molar-refractivity contribution is 0.0623.